The van der Waals surface area contributed by atoms with Crippen LogP contribution < -0.4 is 10.5 Å². The van der Waals surface area contributed by atoms with Crippen molar-refractivity contribution < 1.29 is 4.74 Å². The molecule has 0 aliphatic heterocycles. The highest BCUT2D eigenvalue weighted by molar-refractivity contribution is 9.10. The predicted octanol–water partition coefficient (Wildman–Crippen LogP) is 2.68. The Hall–Kier alpha value is -0.190. The van der Waals surface area contributed by atoms with E-state index in [-0.39, 0.29) is 0 Å². The first-order chi connectivity index (χ1) is 6.72. The monoisotopic (exact) mass is 275 g/mol. The van der Waals surface area contributed by atoms with Crippen LogP contribution in [0.15, 0.2) is 21.5 Å². The average Bonchev–Trinajstić information content (AvgIpc) is 2.17. The molecule has 0 fully saturated rings. The fraction of sp³-hybridized carbons (Fsp3) is 0.400. The van der Waals surface area contributed by atoms with Crippen molar-refractivity contribution in [3.05, 3.63) is 22.2 Å². The van der Waals surface area contributed by atoms with E-state index in [1.54, 1.807) is 18.9 Å². The highest BCUT2D eigenvalue weighted by Crippen LogP contribution is 2.36. The molecular weight excluding hydrogens is 262 g/mol. The Morgan fingerprint density at radius 1 is 1.50 bits per heavy atom. The molecular formula is C10H14BrNOS. The first-order valence-electron chi connectivity index (χ1n) is 4.33. The summed E-state index contributed by atoms with van der Waals surface area (Å²) in [5.74, 6) is 0.901. The van der Waals surface area contributed by atoms with Gasteiger partial charge in [-0.3, -0.25) is 0 Å². The van der Waals surface area contributed by atoms with E-state index < -0.39 is 0 Å². The van der Waals surface area contributed by atoms with Crippen LogP contribution in [0.1, 0.15) is 5.56 Å². The summed E-state index contributed by atoms with van der Waals surface area (Å²) in [5.41, 5.74) is 6.76. The molecule has 0 bridgehead atoms. The maximum atomic E-state index is 5.52. The molecule has 0 spiro atoms. The number of rotatable bonds is 4. The summed E-state index contributed by atoms with van der Waals surface area (Å²) < 4.78 is 6.30. The summed E-state index contributed by atoms with van der Waals surface area (Å²) in [5, 5.41) is 0. The van der Waals surface area contributed by atoms with Gasteiger partial charge in [-0.1, -0.05) is 0 Å². The van der Waals surface area contributed by atoms with Crippen molar-refractivity contribution in [1.29, 1.82) is 0 Å². The zero-order chi connectivity index (χ0) is 10.6. The Morgan fingerprint density at radius 3 is 2.71 bits per heavy atom. The quantitative estimate of drug-likeness (QED) is 0.859. The maximum Gasteiger partial charge on any atom is 0.146 e. The van der Waals surface area contributed by atoms with Crippen LogP contribution in [0.5, 0.6) is 5.75 Å². The summed E-state index contributed by atoms with van der Waals surface area (Å²) in [4.78, 5) is 1.14. The Labute approximate surface area is 97.3 Å². The number of hydrogen-bond acceptors (Lipinski definition) is 3. The lowest BCUT2D eigenvalue weighted by Crippen LogP contribution is -2.03. The van der Waals surface area contributed by atoms with Crippen LogP contribution in [0.2, 0.25) is 0 Å². The number of ether oxygens (including phenoxy) is 1. The van der Waals surface area contributed by atoms with Crippen LogP contribution in [0.25, 0.3) is 0 Å². The van der Waals surface area contributed by atoms with Crippen LogP contribution in [0.3, 0.4) is 0 Å². The molecule has 78 valence electrons. The number of thioether (sulfide) groups is 1. The number of benzene rings is 1. The number of methoxy groups -OCH3 is 1. The van der Waals surface area contributed by atoms with Gasteiger partial charge in [-0.15, -0.1) is 11.8 Å². The molecule has 2 nitrogen and oxygen atoms in total. The Morgan fingerprint density at radius 2 is 2.21 bits per heavy atom. The molecule has 1 aromatic carbocycles. The third kappa shape index (κ3) is 2.65. The number of halogens is 1. The van der Waals surface area contributed by atoms with Gasteiger partial charge in [0.05, 0.1) is 16.5 Å². The fourth-order valence-corrected chi connectivity index (χ4v) is 2.73. The third-order valence-corrected chi connectivity index (χ3v) is 3.26. The van der Waals surface area contributed by atoms with Gasteiger partial charge in [0.15, 0.2) is 0 Å². The minimum atomic E-state index is 0.673. The van der Waals surface area contributed by atoms with Crippen LogP contribution >= 0.6 is 27.7 Å². The molecule has 1 aromatic rings. The van der Waals surface area contributed by atoms with Crippen molar-refractivity contribution in [2.45, 2.75) is 11.3 Å². The van der Waals surface area contributed by atoms with Crippen molar-refractivity contribution in [3.63, 3.8) is 0 Å². The van der Waals surface area contributed by atoms with Gasteiger partial charge in [0.25, 0.3) is 0 Å². The Kier molecular flexibility index (Phi) is 4.78. The minimum Gasteiger partial charge on any atom is -0.494 e. The molecule has 1 rings (SSSR count). The summed E-state index contributed by atoms with van der Waals surface area (Å²) in [6.07, 6.45) is 2.94. The molecule has 0 amide bonds. The second kappa shape index (κ2) is 5.63. The van der Waals surface area contributed by atoms with Gasteiger partial charge in [0.1, 0.15) is 5.75 Å². The van der Waals surface area contributed by atoms with E-state index in [0.29, 0.717) is 6.54 Å². The summed E-state index contributed by atoms with van der Waals surface area (Å²) >= 11 is 5.17. The normalized spacial score (nSPS) is 10.3. The molecule has 0 aliphatic carbocycles. The van der Waals surface area contributed by atoms with Crippen molar-refractivity contribution in [3.8, 4) is 5.75 Å². The first-order valence-corrected chi connectivity index (χ1v) is 6.35. The summed E-state index contributed by atoms with van der Waals surface area (Å²) in [6, 6.07) is 4.19. The molecule has 14 heavy (non-hydrogen) atoms. The van der Waals surface area contributed by atoms with E-state index in [9.17, 15) is 0 Å². The highest BCUT2D eigenvalue weighted by atomic mass is 79.9. The van der Waals surface area contributed by atoms with Gasteiger partial charge >= 0.3 is 0 Å². The van der Waals surface area contributed by atoms with Crippen LogP contribution in [-0.2, 0) is 6.42 Å². The van der Waals surface area contributed by atoms with E-state index in [1.807, 2.05) is 6.26 Å². The second-order valence-electron chi connectivity index (χ2n) is 2.85. The first kappa shape index (κ1) is 11.9. The molecule has 0 saturated carbocycles. The van der Waals surface area contributed by atoms with Gasteiger partial charge < -0.3 is 10.5 Å². The zero-order valence-electron chi connectivity index (χ0n) is 8.34. The van der Waals surface area contributed by atoms with Crippen molar-refractivity contribution >= 4 is 27.7 Å². The molecule has 0 unspecified atom stereocenters. The molecule has 4 heteroatoms. The van der Waals surface area contributed by atoms with Crippen molar-refractivity contribution in [2.24, 2.45) is 5.73 Å². The molecule has 0 aliphatic rings. The molecule has 0 aromatic heterocycles. The van der Waals surface area contributed by atoms with E-state index in [2.05, 4.69) is 28.1 Å². The summed E-state index contributed by atoms with van der Waals surface area (Å²) in [7, 11) is 1.68. The predicted molar refractivity (Wildman–Crippen MR) is 65.2 cm³/mol. The van der Waals surface area contributed by atoms with Gasteiger partial charge in [0.2, 0.25) is 0 Å². The summed E-state index contributed by atoms with van der Waals surface area (Å²) in [6.45, 7) is 0.673. The number of hydrogen-bond donors (Lipinski definition) is 1. The third-order valence-electron chi connectivity index (χ3n) is 1.93. The second-order valence-corrected chi connectivity index (χ2v) is 4.55. The van der Waals surface area contributed by atoms with Gasteiger partial charge in [-0.2, -0.15) is 0 Å². The molecule has 0 atom stereocenters. The van der Waals surface area contributed by atoms with E-state index in [1.165, 1.54) is 5.56 Å². The largest absolute Gasteiger partial charge is 0.494 e. The smallest absolute Gasteiger partial charge is 0.146 e. The van der Waals surface area contributed by atoms with Crippen LogP contribution in [-0.4, -0.2) is 19.9 Å². The van der Waals surface area contributed by atoms with Crippen LogP contribution in [0.4, 0.5) is 0 Å². The van der Waals surface area contributed by atoms with Gasteiger partial charge in [0, 0.05) is 0 Å². The topological polar surface area (TPSA) is 35.2 Å². The minimum absolute atomic E-state index is 0.673. The molecule has 0 heterocycles. The van der Waals surface area contributed by atoms with Gasteiger partial charge in [-0.05, 0) is 52.8 Å². The van der Waals surface area contributed by atoms with E-state index >= 15 is 0 Å². The lowest BCUT2D eigenvalue weighted by Gasteiger charge is -2.10. The number of nitrogens with two attached hydrogens (primary N) is 1. The average molecular weight is 276 g/mol. The van der Waals surface area contributed by atoms with Crippen molar-refractivity contribution in [1.82, 2.24) is 0 Å². The fourth-order valence-electron chi connectivity index (χ4n) is 1.28. The highest BCUT2D eigenvalue weighted by Gasteiger charge is 2.08. The molecule has 0 radical (unpaired) electrons. The van der Waals surface area contributed by atoms with E-state index in [4.69, 9.17) is 10.5 Å². The van der Waals surface area contributed by atoms with Crippen LogP contribution in [0, 0.1) is 0 Å². The van der Waals surface area contributed by atoms with E-state index in [0.717, 1.165) is 21.5 Å². The lowest BCUT2D eigenvalue weighted by atomic mass is 10.1. The molecule has 0 saturated heterocycles. The SMILES string of the molecule is COc1c(Br)cc(CCN)cc1SC. The molecule has 2 N–H and O–H groups in total. The lowest BCUT2D eigenvalue weighted by molar-refractivity contribution is 0.402. The zero-order valence-corrected chi connectivity index (χ0v) is 10.7. The Bertz CT molecular complexity index is 317. The van der Waals surface area contributed by atoms with Gasteiger partial charge in [-0.25, -0.2) is 0 Å². The standard InChI is InChI=1S/C10H14BrNOS/c1-13-10-8(11)5-7(3-4-12)6-9(10)14-2/h5-6H,3-4,12H2,1-2H3. The maximum absolute atomic E-state index is 5.52. The van der Waals surface area contributed by atoms with Crippen molar-refractivity contribution in [2.75, 3.05) is 19.9 Å². The Balaban J connectivity index is 3.10.